The molecule has 178 valence electrons. The number of likely N-dealkylation sites (tertiary alicyclic amines) is 1. The molecule has 10 heteroatoms. The Morgan fingerprint density at radius 2 is 1.86 bits per heavy atom. The van der Waals surface area contributed by atoms with Gasteiger partial charge in [0, 0.05) is 42.6 Å². The average molecular weight is 476 g/mol. The maximum absolute atomic E-state index is 13.1. The van der Waals surface area contributed by atoms with Crippen LogP contribution in [0.3, 0.4) is 0 Å². The van der Waals surface area contributed by atoms with E-state index in [9.17, 15) is 13.2 Å². The molecule has 6 nitrogen and oxygen atoms in total. The number of piperidine rings is 1. The van der Waals surface area contributed by atoms with Crippen LogP contribution >= 0.6 is 0 Å². The average Bonchev–Trinajstić information content (AvgIpc) is 3.25. The fourth-order valence-corrected chi connectivity index (χ4v) is 4.51. The third kappa shape index (κ3) is 5.48. The zero-order valence-corrected chi connectivity index (χ0v) is 19.3. The number of aryl methyl sites for hydroxylation is 1. The SMILES string of the molecule is [B]c1ccc2nc(Nc3cc(CN4CCC(C(F)(F)F)CC4)cc(-c4cnn(C)c4)c3)ncc2c1. The quantitative estimate of drug-likeness (QED) is 0.435. The summed E-state index contributed by atoms with van der Waals surface area (Å²) in [4.78, 5) is 11.1. The molecular weight excluding hydrogens is 452 g/mol. The molecule has 0 aliphatic carbocycles. The lowest BCUT2D eigenvalue weighted by Crippen LogP contribution is -2.38. The highest BCUT2D eigenvalue weighted by molar-refractivity contribution is 6.33. The van der Waals surface area contributed by atoms with Gasteiger partial charge in [0.15, 0.2) is 0 Å². The lowest BCUT2D eigenvalue weighted by Gasteiger charge is -2.33. The summed E-state index contributed by atoms with van der Waals surface area (Å²) in [5.74, 6) is -0.763. The molecule has 5 rings (SSSR count). The van der Waals surface area contributed by atoms with Gasteiger partial charge in [0.25, 0.3) is 0 Å². The Labute approximate surface area is 202 Å². The number of aromatic nitrogens is 4. The van der Waals surface area contributed by atoms with Crippen molar-refractivity contribution >= 4 is 35.8 Å². The number of anilines is 2. The Bertz CT molecular complexity index is 1340. The molecule has 1 fully saturated rings. The third-order valence-corrected chi connectivity index (χ3v) is 6.35. The molecule has 0 bridgehead atoms. The molecule has 0 spiro atoms. The molecule has 1 saturated heterocycles. The maximum Gasteiger partial charge on any atom is 0.391 e. The molecule has 0 unspecified atom stereocenters. The molecule has 3 heterocycles. The second kappa shape index (κ2) is 9.33. The monoisotopic (exact) mass is 476 g/mol. The van der Waals surface area contributed by atoms with Crippen LogP contribution in [-0.2, 0) is 13.6 Å². The Morgan fingerprint density at radius 1 is 1.06 bits per heavy atom. The van der Waals surface area contributed by atoms with E-state index in [2.05, 4.69) is 31.3 Å². The minimum Gasteiger partial charge on any atom is -0.324 e. The first kappa shape index (κ1) is 23.4. The van der Waals surface area contributed by atoms with Crippen molar-refractivity contribution < 1.29 is 13.2 Å². The number of fused-ring (bicyclic) bond motifs is 1. The lowest BCUT2D eigenvalue weighted by atomic mass is 9.95. The number of hydrogen-bond donors (Lipinski definition) is 1. The topological polar surface area (TPSA) is 58.9 Å². The summed E-state index contributed by atoms with van der Waals surface area (Å²) in [6.07, 6.45) is 1.58. The molecule has 0 saturated carbocycles. The van der Waals surface area contributed by atoms with E-state index in [4.69, 9.17) is 7.85 Å². The van der Waals surface area contributed by atoms with Crippen LogP contribution in [0.1, 0.15) is 18.4 Å². The lowest BCUT2D eigenvalue weighted by molar-refractivity contribution is -0.185. The second-order valence-electron chi connectivity index (χ2n) is 9.05. The van der Waals surface area contributed by atoms with Crippen molar-refractivity contribution in [1.82, 2.24) is 24.6 Å². The van der Waals surface area contributed by atoms with Crippen LogP contribution in [0.25, 0.3) is 22.0 Å². The molecule has 1 aliphatic rings. The van der Waals surface area contributed by atoms with Gasteiger partial charge in [0.05, 0.1) is 17.6 Å². The molecule has 35 heavy (non-hydrogen) atoms. The van der Waals surface area contributed by atoms with Crippen molar-refractivity contribution in [2.75, 3.05) is 18.4 Å². The molecule has 2 aromatic carbocycles. The van der Waals surface area contributed by atoms with Gasteiger partial charge in [-0.3, -0.25) is 9.58 Å². The molecule has 2 aromatic heterocycles. The van der Waals surface area contributed by atoms with E-state index in [1.54, 1.807) is 23.1 Å². The van der Waals surface area contributed by atoms with E-state index >= 15 is 0 Å². The summed E-state index contributed by atoms with van der Waals surface area (Å²) in [5.41, 5.74) is 5.11. The van der Waals surface area contributed by atoms with Gasteiger partial charge >= 0.3 is 6.18 Å². The fourth-order valence-electron chi connectivity index (χ4n) is 4.51. The largest absolute Gasteiger partial charge is 0.391 e. The van der Waals surface area contributed by atoms with Crippen molar-refractivity contribution in [3.8, 4) is 11.1 Å². The number of benzene rings is 2. The van der Waals surface area contributed by atoms with Crippen LogP contribution in [-0.4, -0.2) is 51.8 Å². The van der Waals surface area contributed by atoms with Gasteiger partial charge < -0.3 is 5.32 Å². The highest BCUT2D eigenvalue weighted by Gasteiger charge is 2.40. The molecule has 4 aromatic rings. The van der Waals surface area contributed by atoms with E-state index in [1.807, 2.05) is 37.5 Å². The van der Waals surface area contributed by atoms with Gasteiger partial charge in [-0.05, 0) is 61.3 Å². The van der Waals surface area contributed by atoms with Crippen molar-refractivity contribution in [3.05, 3.63) is 60.6 Å². The predicted octanol–water partition coefficient (Wildman–Crippen LogP) is 4.34. The first-order valence-electron chi connectivity index (χ1n) is 11.4. The van der Waals surface area contributed by atoms with Crippen molar-refractivity contribution in [2.24, 2.45) is 13.0 Å². The summed E-state index contributed by atoms with van der Waals surface area (Å²) < 4.78 is 40.9. The summed E-state index contributed by atoms with van der Waals surface area (Å²) in [5, 5.41) is 8.40. The van der Waals surface area contributed by atoms with Crippen LogP contribution in [0.4, 0.5) is 24.8 Å². The van der Waals surface area contributed by atoms with E-state index < -0.39 is 12.1 Å². The predicted molar refractivity (Wildman–Crippen MR) is 131 cm³/mol. The molecular formula is C25H24BF3N6. The number of hydrogen-bond acceptors (Lipinski definition) is 5. The first-order chi connectivity index (χ1) is 16.7. The van der Waals surface area contributed by atoms with Crippen LogP contribution in [0.2, 0.25) is 0 Å². The third-order valence-electron chi connectivity index (χ3n) is 6.35. The van der Waals surface area contributed by atoms with Crippen molar-refractivity contribution in [1.29, 1.82) is 0 Å². The van der Waals surface area contributed by atoms with Gasteiger partial charge in [-0.15, -0.1) is 0 Å². The number of nitrogens with one attached hydrogen (secondary N) is 1. The van der Waals surface area contributed by atoms with Gasteiger partial charge in [-0.25, -0.2) is 9.97 Å². The number of nitrogens with zero attached hydrogens (tertiary/aromatic N) is 5. The standard InChI is InChI=1S/C25H24BF3N6/c1-34-15-19(13-31-34)17-8-16(14-35-6-4-20(5-7-35)25(27,28)29)9-22(11-17)32-24-30-12-18-10-21(26)2-3-23(18)33-24/h2-3,8-13,15,20H,4-7,14H2,1H3,(H,30,32,33). The summed E-state index contributed by atoms with van der Waals surface area (Å²) in [6.45, 7) is 1.40. The zero-order chi connectivity index (χ0) is 24.6. The molecule has 1 aliphatic heterocycles. The molecule has 0 amide bonds. The van der Waals surface area contributed by atoms with Gasteiger partial charge in [-0.2, -0.15) is 18.3 Å². The summed E-state index contributed by atoms with van der Waals surface area (Å²) >= 11 is 0. The zero-order valence-electron chi connectivity index (χ0n) is 19.3. The Morgan fingerprint density at radius 3 is 2.57 bits per heavy atom. The Kier molecular flexibility index (Phi) is 6.23. The first-order valence-corrected chi connectivity index (χ1v) is 11.4. The van der Waals surface area contributed by atoms with E-state index in [0.29, 0.717) is 31.0 Å². The van der Waals surface area contributed by atoms with Gasteiger partial charge in [0.2, 0.25) is 5.95 Å². The van der Waals surface area contributed by atoms with Gasteiger partial charge in [0.1, 0.15) is 7.85 Å². The minimum atomic E-state index is -4.12. The van der Waals surface area contributed by atoms with Crippen LogP contribution in [0.5, 0.6) is 0 Å². The van der Waals surface area contributed by atoms with E-state index in [-0.39, 0.29) is 12.8 Å². The molecule has 1 N–H and O–H groups in total. The maximum atomic E-state index is 13.1. The molecule has 0 atom stereocenters. The highest BCUT2D eigenvalue weighted by atomic mass is 19.4. The smallest absolute Gasteiger partial charge is 0.324 e. The normalized spacial score (nSPS) is 15.5. The minimum absolute atomic E-state index is 0.131. The Hall–Kier alpha value is -3.40. The number of rotatable bonds is 5. The van der Waals surface area contributed by atoms with Crippen molar-refractivity contribution in [3.63, 3.8) is 0 Å². The summed E-state index contributed by atoms with van der Waals surface area (Å²) in [7, 11) is 7.70. The van der Waals surface area contributed by atoms with Crippen LogP contribution < -0.4 is 10.8 Å². The van der Waals surface area contributed by atoms with E-state index in [0.717, 1.165) is 33.3 Å². The second-order valence-corrected chi connectivity index (χ2v) is 9.05. The van der Waals surface area contributed by atoms with Gasteiger partial charge in [-0.1, -0.05) is 17.6 Å². The Balaban J connectivity index is 1.40. The summed E-state index contributed by atoms with van der Waals surface area (Å²) in [6, 6.07) is 11.5. The van der Waals surface area contributed by atoms with E-state index in [1.165, 1.54) is 0 Å². The number of alkyl halides is 3. The molecule has 2 radical (unpaired) electrons. The van der Waals surface area contributed by atoms with Crippen LogP contribution in [0, 0.1) is 5.92 Å². The van der Waals surface area contributed by atoms with Crippen molar-refractivity contribution in [2.45, 2.75) is 25.6 Å². The highest BCUT2D eigenvalue weighted by Crippen LogP contribution is 2.35. The van der Waals surface area contributed by atoms with Crippen LogP contribution in [0.15, 0.2) is 55.0 Å². The number of halogens is 3. The fraction of sp³-hybridized carbons (Fsp3) is 0.320.